The summed E-state index contributed by atoms with van der Waals surface area (Å²) in [4.78, 5) is 17.2. The number of ether oxygens (including phenoxy) is 1. The first-order chi connectivity index (χ1) is 13.6. The third-order valence-electron chi connectivity index (χ3n) is 4.70. The highest BCUT2D eigenvalue weighted by Crippen LogP contribution is 2.38. The number of fused-ring (bicyclic) bond motifs is 1. The van der Waals surface area contributed by atoms with E-state index in [4.69, 9.17) is 14.7 Å². The summed E-state index contributed by atoms with van der Waals surface area (Å²) in [6.45, 7) is 3.78. The van der Waals surface area contributed by atoms with Gasteiger partial charge in [0, 0.05) is 30.9 Å². The molecule has 0 radical (unpaired) electrons. The smallest absolute Gasteiger partial charge is 0.145 e. The van der Waals surface area contributed by atoms with Crippen molar-refractivity contribution in [1.29, 1.82) is 0 Å². The first kappa shape index (κ1) is 18.8. The third-order valence-corrected chi connectivity index (χ3v) is 5.93. The molecule has 0 saturated carbocycles. The molecule has 3 aromatic rings. The average molecular weight is 393 g/mol. The van der Waals surface area contributed by atoms with E-state index >= 15 is 0 Å². The Balaban J connectivity index is 1.68. The van der Waals surface area contributed by atoms with Crippen LogP contribution in [0.1, 0.15) is 24.2 Å². The molecule has 4 heterocycles. The Morgan fingerprint density at radius 2 is 2.11 bits per heavy atom. The fraction of sp³-hybridized carbons (Fsp3) is 0.318. The van der Waals surface area contributed by atoms with Crippen molar-refractivity contribution < 1.29 is 4.74 Å². The van der Waals surface area contributed by atoms with E-state index in [9.17, 15) is 0 Å². The molecule has 3 aromatic heterocycles. The minimum atomic E-state index is 0.715. The van der Waals surface area contributed by atoms with Crippen molar-refractivity contribution in [1.82, 2.24) is 19.9 Å². The van der Waals surface area contributed by atoms with Gasteiger partial charge in [-0.1, -0.05) is 6.08 Å². The molecule has 4 rings (SSSR count). The minimum absolute atomic E-state index is 0.715. The van der Waals surface area contributed by atoms with Crippen LogP contribution in [-0.2, 0) is 0 Å². The zero-order valence-corrected chi connectivity index (χ0v) is 17.3. The Kier molecular flexibility index (Phi) is 5.50. The second-order valence-electron chi connectivity index (χ2n) is 7.14. The lowest BCUT2D eigenvalue weighted by molar-refractivity contribution is 0.314. The second-order valence-corrected chi connectivity index (χ2v) is 8.14. The topological polar surface area (TPSA) is 51.1 Å². The molecule has 0 spiro atoms. The lowest BCUT2D eigenvalue weighted by atomic mass is 10.0. The Labute approximate surface area is 169 Å². The summed E-state index contributed by atoms with van der Waals surface area (Å²) in [5, 5.41) is 0.970. The van der Waals surface area contributed by atoms with Gasteiger partial charge in [-0.2, -0.15) is 0 Å². The van der Waals surface area contributed by atoms with Crippen molar-refractivity contribution in [3.63, 3.8) is 0 Å². The first-order valence-corrected chi connectivity index (χ1v) is 10.3. The van der Waals surface area contributed by atoms with Crippen LogP contribution in [0.2, 0.25) is 0 Å². The maximum absolute atomic E-state index is 5.84. The van der Waals surface area contributed by atoms with Gasteiger partial charge in [-0.15, -0.1) is 11.3 Å². The Bertz CT molecular complexity index is 995. The standard InChI is InChI=1S/C22H24N4OS/c1-15-21(28-22(24-15)17-6-4-11-23-14-17)18-8-9-19-20(25-18)16(10-13-27-19)7-5-12-26(2)3/h4,6-9,11,14H,5,10,12-13H2,1-3H3/b16-7+. The van der Waals surface area contributed by atoms with Crippen molar-refractivity contribution in [3.8, 4) is 26.9 Å². The monoisotopic (exact) mass is 392 g/mol. The minimum Gasteiger partial charge on any atom is -0.491 e. The highest BCUT2D eigenvalue weighted by molar-refractivity contribution is 7.18. The van der Waals surface area contributed by atoms with E-state index in [0.29, 0.717) is 6.61 Å². The molecule has 0 aliphatic carbocycles. The van der Waals surface area contributed by atoms with Crippen molar-refractivity contribution in [2.75, 3.05) is 27.2 Å². The Morgan fingerprint density at radius 1 is 1.21 bits per heavy atom. The maximum Gasteiger partial charge on any atom is 0.145 e. The van der Waals surface area contributed by atoms with Gasteiger partial charge in [0.25, 0.3) is 0 Å². The second kappa shape index (κ2) is 8.20. The number of thiazole rings is 1. The van der Waals surface area contributed by atoms with E-state index in [1.807, 2.05) is 37.4 Å². The molecule has 6 heteroatoms. The summed E-state index contributed by atoms with van der Waals surface area (Å²) >= 11 is 1.66. The third kappa shape index (κ3) is 3.98. The molecule has 0 atom stereocenters. The van der Waals surface area contributed by atoms with Crippen LogP contribution in [0.5, 0.6) is 5.75 Å². The summed E-state index contributed by atoms with van der Waals surface area (Å²) in [5.41, 5.74) is 5.23. The molecule has 28 heavy (non-hydrogen) atoms. The van der Waals surface area contributed by atoms with E-state index in [1.54, 1.807) is 17.5 Å². The summed E-state index contributed by atoms with van der Waals surface area (Å²) in [6.07, 6.45) is 7.85. The van der Waals surface area contributed by atoms with Gasteiger partial charge in [0.05, 0.1) is 22.9 Å². The van der Waals surface area contributed by atoms with Gasteiger partial charge in [-0.05, 0) is 57.3 Å². The molecular weight excluding hydrogens is 368 g/mol. The Hall–Kier alpha value is -2.57. The summed E-state index contributed by atoms with van der Waals surface area (Å²) in [5.74, 6) is 0.876. The average Bonchev–Trinajstić information content (AvgIpc) is 3.10. The number of aryl methyl sites for hydroxylation is 1. The SMILES string of the molecule is Cc1nc(-c2cccnc2)sc1-c1ccc2c(n1)/C(=C/CCN(C)C)CCO2. The first-order valence-electron chi connectivity index (χ1n) is 9.48. The van der Waals surface area contributed by atoms with Gasteiger partial charge in [-0.25, -0.2) is 9.97 Å². The van der Waals surface area contributed by atoms with Crippen LogP contribution in [0, 0.1) is 6.92 Å². The molecule has 0 N–H and O–H groups in total. The van der Waals surface area contributed by atoms with Crippen LogP contribution in [0.4, 0.5) is 0 Å². The molecule has 1 aliphatic rings. The predicted octanol–water partition coefficient (Wildman–Crippen LogP) is 4.69. The van der Waals surface area contributed by atoms with Gasteiger partial charge in [-0.3, -0.25) is 4.98 Å². The molecule has 0 amide bonds. The molecule has 0 fully saturated rings. The van der Waals surface area contributed by atoms with Gasteiger partial charge in [0.15, 0.2) is 0 Å². The highest BCUT2D eigenvalue weighted by atomic mass is 32.1. The van der Waals surface area contributed by atoms with Crippen LogP contribution < -0.4 is 4.74 Å². The highest BCUT2D eigenvalue weighted by Gasteiger charge is 2.20. The van der Waals surface area contributed by atoms with Gasteiger partial charge in [0.2, 0.25) is 0 Å². The largest absolute Gasteiger partial charge is 0.491 e. The fourth-order valence-electron chi connectivity index (χ4n) is 3.25. The van der Waals surface area contributed by atoms with Crippen LogP contribution in [0.15, 0.2) is 42.7 Å². The van der Waals surface area contributed by atoms with E-state index in [1.165, 1.54) is 5.57 Å². The lowest BCUT2D eigenvalue weighted by Crippen LogP contribution is -2.13. The van der Waals surface area contributed by atoms with E-state index < -0.39 is 0 Å². The molecule has 1 aliphatic heterocycles. The number of aromatic nitrogens is 3. The van der Waals surface area contributed by atoms with Crippen LogP contribution in [0.3, 0.4) is 0 Å². The molecule has 0 saturated heterocycles. The van der Waals surface area contributed by atoms with E-state index in [0.717, 1.165) is 57.7 Å². The van der Waals surface area contributed by atoms with Crippen molar-refractivity contribution in [3.05, 3.63) is 54.1 Å². The normalized spacial score (nSPS) is 14.9. The lowest BCUT2D eigenvalue weighted by Gasteiger charge is -2.20. The van der Waals surface area contributed by atoms with E-state index in [-0.39, 0.29) is 0 Å². The number of nitrogens with zero attached hydrogens (tertiary/aromatic N) is 4. The molecular formula is C22H24N4OS. The molecule has 0 bridgehead atoms. The van der Waals surface area contributed by atoms with Crippen molar-refractivity contribution >= 4 is 16.9 Å². The van der Waals surface area contributed by atoms with Crippen LogP contribution in [-0.4, -0.2) is 47.1 Å². The number of pyridine rings is 2. The van der Waals surface area contributed by atoms with E-state index in [2.05, 4.69) is 30.1 Å². The number of hydrogen-bond acceptors (Lipinski definition) is 6. The van der Waals surface area contributed by atoms with Crippen LogP contribution >= 0.6 is 11.3 Å². The Morgan fingerprint density at radius 3 is 2.89 bits per heavy atom. The van der Waals surface area contributed by atoms with Crippen molar-refractivity contribution in [2.45, 2.75) is 19.8 Å². The molecule has 144 valence electrons. The predicted molar refractivity (Wildman–Crippen MR) is 115 cm³/mol. The van der Waals surface area contributed by atoms with Crippen LogP contribution in [0.25, 0.3) is 26.7 Å². The van der Waals surface area contributed by atoms with Gasteiger partial charge < -0.3 is 9.64 Å². The molecule has 0 aromatic carbocycles. The zero-order chi connectivity index (χ0) is 19.5. The maximum atomic E-state index is 5.84. The molecule has 0 unspecified atom stereocenters. The summed E-state index contributed by atoms with van der Waals surface area (Å²) in [6, 6.07) is 8.05. The summed E-state index contributed by atoms with van der Waals surface area (Å²) in [7, 11) is 4.19. The van der Waals surface area contributed by atoms with Gasteiger partial charge in [0.1, 0.15) is 16.5 Å². The number of hydrogen-bond donors (Lipinski definition) is 0. The number of rotatable bonds is 5. The fourth-order valence-corrected chi connectivity index (χ4v) is 4.28. The zero-order valence-electron chi connectivity index (χ0n) is 16.5. The van der Waals surface area contributed by atoms with Crippen molar-refractivity contribution in [2.24, 2.45) is 0 Å². The van der Waals surface area contributed by atoms with Gasteiger partial charge >= 0.3 is 0 Å². The quantitative estimate of drug-likeness (QED) is 0.630. The summed E-state index contributed by atoms with van der Waals surface area (Å²) < 4.78 is 5.84. The molecule has 5 nitrogen and oxygen atoms in total.